The second kappa shape index (κ2) is 8.87. The molecule has 0 saturated heterocycles. The van der Waals surface area contributed by atoms with Gasteiger partial charge in [-0.25, -0.2) is 0 Å². The van der Waals surface area contributed by atoms with E-state index in [9.17, 15) is 22.8 Å². The molecule has 30 heavy (non-hydrogen) atoms. The number of nitrogens with two attached hydrogens (primary N) is 1. The standard InChI is InChI=1S/C22H24F3N3O2/c23-22(24,25)14-28-20(30)21(11-5-6-12-27-19(29)13-26)17-9-3-1-7-15(17)16-8-2-4-10-18(16)21/h1-4,7-10H,5-6,11-14,26H2,(H,27,29)(H,28,30). The van der Waals surface area contributed by atoms with E-state index in [0.717, 1.165) is 11.1 Å². The van der Waals surface area contributed by atoms with Crippen LogP contribution >= 0.6 is 0 Å². The Labute approximate surface area is 172 Å². The lowest BCUT2D eigenvalue weighted by atomic mass is 9.73. The van der Waals surface area contributed by atoms with Gasteiger partial charge in [-0.15, -0.1) is 0 Å². The van der Waals surface area contributed by atoms with E-state index in [4.69, 9.17) is 5.73 Å². The Morgan fingerprint density at radius 3 is 2.00 bits per heavy atom. The predicted molar refractivity (Wildman–Crippen MR) is 108 cm³/mol. The molecule has 0 spiro atoms. The SMILES string of the molecule is NCC(=O)NCCCCC1(C(=O)NCC(F)(F)F)c2ccccc2-c2ccccc21. The van der Waals surface area contributed by atoms with Crippen molar-refractivity contribution in [1.29, 1.82) is 0 Å². The van der Waals surface area contributed by atoms with Crippen LogP contribution in [-0.2, 0) is 15.0 Å². The number of nitrogens with one attached hydrogen (secondary N) is 2. The third-order valence-electron chi connectivity index (χ3n) is 5.39. The Hall–Kier alpha value is -2.87. The van der Waals surface area contributed by atoms with Gasteiger partial charge in [0.25, 0.3) is 0 Å². The third kappa shape index (κ3) is 4.33. The molecule has 0 fully saturated rings. The van der Waals surface area contributed by atoms with Crippen molar-refractivity contribution in [2.24, 2.45) is 5.73 Å². The first-order valence-electron chi connectivity index (χ1n) is 9.81. The van der Waals surface area contributed by atoms with Crippen LogP contribution in [0.3, 0.4) is 0 Å². The summed E-state index contributed by atoms with van der Waals surface area (Å²) in [5, 5.41) is 4.77. The summed E-state index contributed by atoms with van der Waals surface area (Å²) in [5.74, 6) is -0.938. The highest BCUT2D eigenvalue weighted by molar-refractivity contribution is 6.00. The van der Waals surface area contributed by atoms with Crippen molar-refractivity contribution in [3.63, 3.8) is 0 Å². The van der Waals surface area contributed by atoms with Crippen LogP contribution in [0.1, 0.15) is 30.4 Å². The van der Waals surface area contributed by atoms with Crippen LogP contribution in [-0.4, -0.2) is 37.6 Å². The Morgan fingerprint density at radius 2 is 1.47 bits per heavy atom. The van der Waals surface area contributed by atoms with E-state index in [2.05, 4.69) is 10.6 Å². The van der Waals surface area contributed by atoms with Gasteiger partial charge in [-0.05, 0) is 41.5 Å². The van der Waals surface area contributed by atoms with Crippen LogP contribution in [0.15, 0.2) is 48.5 Å². The molecule has 0 aromatic heterocycles. The van der Waals surface area contributed by atoms with Crippen molar-refractivity contribution >= 4 is 11.8 Å². The Morgan fingerprint density at radius 1 is 0.900 bits per heavy atom. The van der Waals surface area contributed by atoms with Gasteiger partial charge in [-0.1, -0.05) is 48.5 Å². The van der Waals surface area contributed by atoms with Crippen molar-refractivity contribution in [1.82, 2.24) is 10.6 Å². The maximum atomic E-state index is 13.3. The first kappa shape index (κ1) is 21.8. The van der Waals surface area contributed by atoms with Crippen molar-refractivity contribution in [3.05, 3.63) is 59.7 Å². The van der Waals surface area contributed by atoms with Gasteiger partial charge in [0, 0.05) is 6.54 Å². The zero-order valence-corrected chi connectivity index (χ0v) is 16.4. The molecule has 3 rings (SSSR count). The molecule has 4 N–H and O–H groups in total. The molecule has 2 amide bonds. The van der Waals surface area contributed by atoms with E-state index in [0.29, 0.717) is 36.9 Å². The van der Waals surface area contributed by atoms with Gasteiger partial charge in [-0.2, -0.15) is 13.2 Å². The Kier molecular flexibility index (Phi) is 6.45. The fourth-order valence-corrected chi connectivity index (χ4v) is 4.10. The first-order valence-corrected chi connectivity index (χ1v) is 9.81. The molecule has 0 radical (unpaired) electrons. The van der Waals surface area contributed by atoms with Crippen LogP contribution in [0.4, 0.5) is 13.2 Å². The van der Waals surface area contributed by atoms with E-state index >= 15 is 0 Å². The average Bonchev–Trinajstić information content (AvgIpc) is 3.02. The average molecular weight is 419 g/mol. The molecule has 8 heteroatoms. The van der Waals surface area contributed by atoms with Crippen LogP contribution < -0.4 is 16.4 Å². The smallest absolute Gasteiger partial charge is 0.355 e. The zero-order chi connectivity index (χ0) is 21.8. The molecule has 0 aliphatic heterocycles. The monoisotopic (exact) mass is 419 g/mol. The third-order valence-corrected chi connectivity index (χ3v) is 5.39. The van der Waals surface area contributed by atoms with Gasteiger partial charge in [-0.3, -0.25) is 9.59 Å². The molecule has 2 aromatic rings. The lowest BCUT2D eigenvalue weighted by molar-refractivity contribution is -0.141. The quantitative estimate of drug-likeness (QED) is 0.576. The number of fused-ring (bicyclic) bond motifs is 3. The maximum Gasteiger partial charge on any atom is 0.405 e. The molecule has 1 aliphatic rings. The van der Waals surface area contributed by atoms with Gasteiger partial charge < -0.3 is 16.4 Å². The highest BCUT2D eigenvalue weighted by atomic mass is 19.4. The molecular weight excluding hydrogens is 395 g/mol. The van der Waals surface area contributed by atoms with Crippen LogP contribution in [0.25, 0.3) is 11.1 Å². The number of amides is 2. The first-order chi connectivity index (χ1) is 14.3. The summed E-state index contributed by atoms with van der Waals surface area (Å²) in [6.07, 6.45) is -3.07. The van der Waals surface area contributed by atoms with Crippen LogP contribution in [0.2, 0.25) is 0 Å². The van der Waals surface area contributed by atoms with E-state index in [1.54, 1.807) is 24.3 Å². The summed E-state index contributed by atoms with van der Waals surface area (Å²) >= 11 is 0. The van der Waals surface area contributed by atoms with Crippen LogP contribution in [0, 0.1) is 0 Å². The highest BCUT2D eigenvalue weighted by Gasteiger charge is 2.49. The summed E-state index contributed by atoms with van der Waals surface area (Å²) in [6, 6.07) is 14.7. The fourth-order valence-electron chi connectivity index (χ4n) is 4.10. The van der Waals surface area contributed by atoms with Gasteiger partial charge >= 0.3 is 6.18 Å². The molecule has 0 saturated carbocycles. The van der Waals surface area contributed by atoms with E-state index < -0.39 is 24.0 Å². The molecular formula is C22H24F3N3O2. The second-order valence-corrected chi connectivity index (χ2v) is 7.31. The zero-order valence-electron chi connectivity index (χ0n) is 16.4. The summed E-state index contributed by atoms with van der Waals surface area (Å²) in [7, 11) is 0. The van der Waals surface area contributed by atoms with Gasteiger partial charge in [0.15, 0.2) is 0 Å². The lowest BCUT2D eigenvalue weighted by Gasteiger charge is -2.31. The summed E-state index contributed by atoms with van der Waals surface area (Å²) in [5.41, 5.74) is 7.17. The maximum absolute atomic E-state index is 13.3. The van der Waals surface area contributed by atoms with E-state index in [1.807, 2.05) is 24.3 Å². The molecule has 0 atom stereocenters. The number of benzene rings is 2. The Balaban J connectivity index is 1.92. The highest BCUT2D eigenvalue weighted by Crippen LogP contribution is 2.51. The molecule has 1 aliphatic carbocycles. The number of alkyl halides is 3. The van der Waals surface area contributed by atoms with Crippen molar-refractivity contribution < 1.29 is 22.8 Å². The fraction of sp³-hybridized carbons (Fsp3) is 0.364. The topological polar surface area (TPSA) is 84.2 Å². The molecule has 5 nitrogen and oxygen atoms in total. The minimum atomic E-state index is -4.50. The predicted octanol–water partition coefficient (Wildman–Crippen LogP) is 2.88. The molecule has 160 valence electrons. The summed E-state index contributed by atoms with van der Waals surface area (Å²) < 4.78 is 38.4. The minimum absolute atomic E-state index is 0.107. The van der Waals surface area contributed by atoms with Crippen molar-refractivity contribution in [3.8, 4) is 11.1 Å². The molecule has 0 unspecified atom stereocenters. The van der Waals surface area contributed by atoms with E-state index in [-0.39, 0.29) is 12.5 Å². The molecule has 2 aromatic carbocycles. The number of rotatable bonds is 8. The molecule has 0 heterocycles. The van der Waals surface area contributed by atoms with E-state index in [1.165, 1.54) is 0 Å². The van der Waals surface area contributed by atoms with Crippen molar-refractivity contribution in [2.75, 3.05) is 19.6 Å². The summed E-state index contributed by atoms with van der Waals surface area (Å²) in [6.45, 7) is -1.10. The number of unbranched alkanes of at least 4 members (excludes halogenated alkanes) is 1. The van der Waals surface area contributed by atoms with Crippen LogP contribution in [0.5, 0.6) is 0 Å². The van der Waals surface area contributed by atoms with Gasteiger partial charge in [0.2, 0.25) is 11.8 Å². The minimum Gasteiger partial charge on any atom is -0.355 e. The number of halogens is 3. The second-order valence-electron chi connectivity index (χ2n) is 7.31. The summed E-state index contributed by atoms with van der Waals surface area (Å²) in [4.78, 5) is 24.6. The number of carbonyl (C=O) groups is 2. The Bertz CT molecular complexity index is 882. The molecule has 0 bridgehead atoms. The normalized spacial score (nSPS) is 14.0. The number of carbonyl (C=O) groups excluding carboxylic acids is 2. The lowest BCUT2D eigenvalue weighted by Crippen LogP contribution is -2.47. The number of hydrogen-bond acceptors (Lipinski definition) is 3. The largest absolute Gasteiger partial charge is 0.405 e. The van der Waals surface area contributed by atoms with Gasteiger partial charge in [0.1, 0.15) is 12.0 Å². The van der Waals surface area contributed by atoms with Crippen molar-refractivity contribution in [2.45, 2.75) is 30.9 Å². The van der Waals surface area contributed by atoms with Gasteiger partial charge in [0.05, 0.1) is 6.54 Å². The number of hydrogen-bond donors (Lipinski definition) is 3.